The van der Waals surface area contributed by atoms with Crippen LogP contribution in [0.25, 0.3) is 10.6 Å². The number of hydrogen-bond acceptors (Lipinski definition) is 6. The number of hydrogen-bond donors (Lipinski definition) is 1. The van der Waals surface area contributed by atoms with E-state index in [2.05, 4.69) is 4.98 Å². The van der Waals surface area contributed by atoms with E-state index in [9.17, 15) is 22.0 Å². The van der Waals surface area contributed by atoms with Crippen LogP contribution in [0.1, 0.15) is 22.6 Å². The topological polar surface area (TPSA) is 93.4 Å². The molecule has 2 N–H and O–H groups in total. The summed E-state index contributed by atoms with van der Waals surface area (Å²) in [6.45, 7) is 0.914. The van der Waals surface area contributed by atoms with Gasteiger partial charge >= 0.3 is 0 Å². The van der Waals surface area contributed by atoms with E-state index in [0.29, 0.717) is 19.5 Å². The summed E-state index contributed by atoms with van der Waals surface area (Å²) in [5, 5.41) is 0.771. The third-order valence-corrected chi connectivity index (χ3v) is 7.80. The van der Waals surface area contributed by atoms with Gasteiger partial charge < -0.3 is 10.6 Å². The van der Waals surface area contributed by atoms with E-state index in [-0.39, 0.29) is 29.2 Å². The summed E-state index contributed by atoms with van der Waals surface area (Å²) in [5.74, 6) is -1.22. The number of fused-ring (bicyclic) bond motifs is 1. The number of benzene rings is 2. The quantitative estimate of drug-likeness (QED) is 0.571. The monoisotopic (exact) mass is 491 g/mol. The van der Waals surface area contributed by atoms with Crippen LogP contribution in [0.3, 0.4) is 0 Å². The smallest absolute Gasteiger partial charge is 0.224 e. The van der Waals surface area contributed by atoms with Crippen molar-refractivity contribution in [1.29, 1.82) is 0 Å². The van der Waals surface area contributed by atoms with Crippen LogP contribution >= 0.6 is 11.3 Å². The molecule has 4 rings (SSSR count). The van der Waals surface area contributed by atoms with Gasteiger partial charge in [-0.05, 0) is 42.3 Å². The summed E-state index contributed by atoms with van der Waals surface area (Å²) in [6, 6.07) is 9.16. The third-order valence-electron chi connectivity index (χ3n) is 5.54. The van der Waals surface area contributed by atoms with Crippen LogP contribution < -0.4 is 5.73 Å². The van der Waals surface area contributed by atoms with Gasteiger partial charge in [-0.2, -0.15) is 0 Å². The average Bonchev–Trinajstić information content (AvgIpc) is 3.19. The van der Waals surface area contributed by atoms with Gasteiger partial charge in [-0.1, -0.05) is 12.1 Å². The molecule has 3 aromatic rings. The van der Waals surface area contributed by atoms with Gasteiger partial charge in [-0.25, -0.2) is 22.2 Å². The minimum absolute atomic E-state index is 0.0316. The van der Waals surface area contributed by atoms with Gasteiger partial charge in [0.05, 0.1) is 17.1 Å². The number of nitrogens with zero attached hydrogens (tertiary/aromatic N) is 2. The molecule has 1 amide bonds. The normalized spacial score (nSPS) is 14.7. The molecule has 0 saturated heterocycles. The van der Waals surface area contributed by atoms with Crippen molar-refractivity contribution in [2.45, 2.75) is 36.7 Å². The summed E-state index contributed by atoms with van der Waals surface area (Å²) in [4.78, 5) is 20.4. The minimum Gasteiger partial charge on any atom is -0.337 e. The molecule has 10 heteroatoms. The van der Waals surface area contributed by atoms with Crippen molar-refractivity contribution in [3.8, 4) is 10.6 Å². The highest BCUT2D eigenvalue weighted by molar-refractivity contribution is 7.90. The molecule has 1 atom stereocenters. The van der Waals surface area contributed by atoms with Crippen LogP contribution in [0.2, 0.25) is 0 Å². The first-order valence-electron chi connectivity index (χ1n) is 10.4. The number of halogens is 2. The van der Waals surface area contributed by atoms with Gasteiger partial charge in [0, 0.05) is 42.1 Å². The van der Waals surface area contributed by atoms with Gasteiger partial charge in [0.2, 0.25) is 5.91 Å². The Morgan fingerprint density at radius 3 is 2.64 bits per heavy atom. The second-order valence-electron chi connectivity index (χ2n) is 8.15. The number of amides is 1. The van der Waals surface area contributed by atoms with Gasteiger partial charge in [0.25, 0.3) is 0 Å². The first-order chi connectivity index (χ1) is 15.6. The Kier molecular flexibility index (Phi) is 6.60. The molecule has 0 spiro atoms. The van der Waals surface area contributed by atoms with E-state index < -0.39 is 27.5 Å². The van der Waals surface area contributed by atoms with E-state index in [1.807, 2.05) is 0 Å². The number of rotatable bonds is 6. The molecule has 1 aliphatic rings. The molecular formula is C23H23F2N3O3S2. The van der Waals surface area contributed by atoms with Crippen molar-refractivity contribution in [2.24, 2.45) is 5.73 Å². The molecule has 33 heavy (non-hydrogen) atoms. The number of sulfone groups is 1. The van der Waals surface area contributed by atoms with Crippen LogP contribution in [-0.2, 0) is 34.0 Å². The molecule has 0 saturated carbocycles. The molecule has 0 fully saturated rings. The standard InChI is InChI=1S/C23H23F2N3O3S2/c1-33(30,31)18-5-2-14(3-6-18)23-27-20-8-9-28(13-21(20)32-23)22(29)12-17(26)11-15-10-16(24)4-7-19(15)25/h2-7,10,17H,8-9,11-13,26H2,1H3/t17-/m1/s1. The molecule has 6 nitrogen and oxygen atoms in total. The lowest BCUT2D eigenvalue weighted by Crippen LogP contribution is -2.39. The highest BCUT2D eigenvalue weighted by atomic mass is 32.2. The lowest BCUT2D eigenvalue weighted by molar-refractivity contribution is -0.132. The van der Waals surface area contributed by atoms with Crippen LogP contribution in [0.5, 0.6) is 0 Å². The van der Waals surface area contributed by atoms with E-state index >= 15 is 0 Å². The zero-order chi connectivity index (χ0) is 23.8. The van der Waals surface area contributed by atoms with Crippen LogP contribution in [0.4, 0.5) is 8.78 Å². The number of nitrogens with two attached hydrogens (primary N) is 1. The van der Waals surface area contributed by atoms with Crippen molar-refractivity contribution in [1.82, 2.24) is 9.88 Å². The molecule has 0 bridgehead atoms. The molecule has 2 aromatic carbocycles. The Hall–Kier alpha value is -2.69. The fourth-order valence-corrected chi connectivity index (χ4v) is 5.54. The van der Waals surface area contributed by atoms with Gasteiger partial charge in [-0.3, -0.25) is 4.79 Å². The Balaban J connectivity index is 1.41. The first-order valence-corrected chi connectivity index (χ1v) is 13.1. The SMILES string of the molecule is CS(=O)(=O)c1ccc(-c2nc3c(s2)CN(C(=O)C[C@H](N)Cc2cc(F)ccc2F)CC3)cc1. The fourth-order valence-electron chi connectivity index (χ4n) is 3.78. The fraction of sp³-hybridized carbons (Fsp3) is 0.304. The Bertz CT molecular complexity index is 1290. The zero-order valence-corrected chi connectivity index (χ0v) is 19.6. The summed E-state index contributed by atoms with van der Waals surface area (Å²) in [5.41, 5.74) is 7.96. The van der Waals surface area contributed by atoms with Crippen molar-refractivity contribution >= 4 is 27.1 Å². The summed E-state index contributed by atoms with van der Waals surface area (Å²) < 4.78 is 50.5. The van der Waals surface area contributed by atoms with Crippen molar-refractivity contribution in [3.63, 3.8) is 0 Å². The van der Waals surface area contributed by atoms with Crippen molar-refractivity contribution in [3.05, 3.63) is 70.2 Å². The number of aromatic nitrogens is 1. The number of carbonyl (C=O) groups excluding carboxylic acids is 1. The second kappa shape index (κ2) is 9.28. The van der Waals surface area contributed by atoms with E-state index in [1.165, 1.54) is 11.3 Å². The first kappa shape index (κ1) is 23.5. The Morgan fingerprint density at radius 2 is 1.94 bits per heavy atom. The Labute approximate surface area is 195 Å². The van der Waals surface area contributed by atoms with E-state index in [4.69, 9.17) is 5.73 Å². The zero-order valence-electron chi connectivity index (χ0n) is 17.9. The van der Waals surface area contributed by atoms with Crippen LogP contribution in [-0.4, -0.2) is 43.1 Å². The minimum atomic E-state index is -3.27. The van der Waals surface area contributed by atoms with Gasteiger partial charge in [-0.15, -0.1) is 11.3 Å². The Morgan fingerprint density at radius 1 is 1.21 bits per heavy atom. The summed E-state index contributed by atoms with van der Waals surface area (Å²) in [6.07, 6.45) is 1.87. The van der Waals surface area contributed by atoms with Crippen molar-refractivity contribution in [2.75, 3.05) is 12.8 Å². The number of thiazole rings is 1. The molecule has 0 radical (unpaired) electrons. The molecular weight excluding hydrogens is 468 g/mol. The van der Waals surface area contributed by atoms with Gasteiger partial charge in [0.1, 0.15) is 16.6 Å². The molecule has 0 aliphatic carbocycles. The lowest BCUT2D eigenvalue weighted by atomic mass is 10.0. The maximum atomic E-state index is 13.9. The molecule has 174 valence electrons. The molecule has 1 aliphatic heterocycles. The highest BCUT2D eigenvalue weighted by Gasteiger charge is 2.26. The molecule has 2 heterocycles. The van der Waals surface area contributed by atoms with Crippen LogP contribution in [0, 0.1) is 11.6 Å². The molecule has 0 unspecified atom stereocenters. The predicted molar refractivity (Wildman–Crippen MR) is 122 cm³/mol. The van der Waals surface area contributed by atoms with Crippen LogP contribution in [0.15, 0.2) is 47.4 Å². The number of carbonyl (C=O) groups is 1. The van der Waals surface area contributed by atoms with Gasteiger partial charge in [0.15, 0.2) is 9.84 Å². The highest BCUT2D eigenvalue weighted by Crippen LogP contribution is 2.32. The second-order valence-corrected chi connectivity index (χ2v) is 11.3. The maximum Gasteiger partial charge on any atom is 0.224 e. The molecule has 1 aromatic heterocycles. The largest absolute Gasteiger partial charge is 0.337 e. The van der Waals surface area contributed by atoms with E-state index in [1.54, 1.807) is 29.2 Å². The summed E-state index contributed by atoms with van der Waals surface area (Å²) >= 11 is 1.47. The summed E-state index contributed by atoms with van der Waals surface area (Å²) in [7, 11) is -3.27. The van der Waals surface area contributed by atoms with E-state index in [0.717, 1.165) is 45.6 Å². The predicted octanol–water partition coefficient (Wildman–Crippen LogP) is 3.34. The van der Waals surface area contributed by atoms with Crippen molar-refractivity contribution < 1.29 is 22.0 Å². The average molecular weight is 492 g/mol. The third kappa shape index (κ3) is 5.45. The maximum absolute atomic E-state index is 13.9. The lowest BCUT2D eigenvalue weighted by Gasteiger charge is -2.27.